The third-order valence-corrected chi connectivity index (χ3v) is 1.82. The monoisotopic (exact) mass is 166 g/mol. The highest BCUT2D eigenvalue weighted by Gasteiger charge is 2.27. The van der Waals surface area contributed by atoms with Crippen molar-refractivity contribution in [2.75, 3.05) is 5.32 Å². The SMILES string of the molecule is CC(=O)Nc1cc(C2CC2)no1. The lowest BCUT2D eigenvalue weighted by atomic mass is 10.3. The van der Waals surface area contributed by atoms with Crippen LogP contribution in [-0.2, 0) is 4.79 Å². The molecule has 0 atom stereocenters. The molecular formula is C8H10N2O2. The fourth-order valence-corrected chi connectivity index (χ4v) is 1.09. The number of anilines is 1. The summed E-state index contributed by atoms with van der Waals surface area (Å²) in [7, 11) is 0. The van der Waals surface area contributed by atoms with Crippen molar-refractivity contribution in [3.63, 3.8) is 0 Å². The molecule has 0 bridgehead atoms. The van der Waals surface area contributed by atoms with Crippen LogP contribution in [0, 0.1) is 0 Å². The molecule has 1 N–H and O–H groups in total. The molecule has 12 heavy (non-hydrogen) atoms. The largest absolute Gasteiger partial charge is 0.338 e. The zero-order valence-corrected chi connectivity index (χ0v) is 6.83. The standard InChI is InChI=1S/C8H10N2O2/c1-5(11)9-8-4-7(10-12-8)6-2-3-6/h4,6H,2-3H2,1H3,(H,9,11). The molecule has 1 fully saturated rings. The zero-order chi connectivity index (χ0) is 8.55. The van der Waals surface area contributed by atoms with E-state index in [1.54, 1.807) is 6.07 Å². The van der Waals surface area contributed by atoms with E-state index in [-0.39, 0.29) is 5.91 Å². The molecule has 4 nitrogen and oxygen atoms in total. The van der Waals surface area contributed by atoms with E-state index < -0.39 is 0 Å². The topological polar surface area (TPSA) is 55.1 Å². The van der Waals surface area contributed by atoms with E-state index in [0.717, 1.165) is 5.69 Å². The van der Waals surface area contributed by atoms with Crippen LogP contribution in [0.4, 0.5) is 5.88 Å². The number of nitrogens with one attached hydrogen (secondary N) is 1. The number of hydrogen-bond acceptors (Lipinski definition) is 3. The summed E-state index contributed by atoms with van der Waals surface area (Å²) in [5, 5.41) is 6.38. The second-order valence-electron chi connectivity index (χ2n) is 3.07. The predicted octanol–water partition coefficient (Wildman–Crippen LogP) is 1.51. The second-order valence-corrected chi connectivity index (χ2v) is 3.07. The van der Waals surface area contributed by atoms with Crippen molar-refractivity contribution < 1.29 is 9.32 Å². The van der Waals surface area contributed by atoms with Gasteiger partial charge in [0.25, 0.3) is 0 Å². The number of carbonyl (C=O) groups is 1. The molecule has 0 saturated heterocycles. The van der Waals surface area contributed by atoms with Crippen LogP contribution < -0.4 is 5.32 Å². The van der Waals surface area contributed by atoms with Gasteiger partial charge in [0.05, 0.1) is 5.69 Å². The molecule has 1 aromatic heterocycles. The van der Waals surface area contributed by atoms with Crippen molar-refractivity contribution in [3.8, 4) is 0 Å². The average molecular weight is 166 g/mol. The van der Waals surface area contributed by atoms with Crippen LogP contribution in [0.2, 0.25) is 0 Å². The van der Waals surface area contributed by atoms with Gasteiger partial charge in [0.1, 0.15) is 0 Å². The first-order chi connectivity index (χ1) is 5.75. The van der Waals surface area contributed by atoms with Crippen molar-refractivity contribution >= 4 is 11.8 Å². The highest BCUT2D eigenvalue weighted by Crippen LogP contribution is 2.39. The molecule has 0 spiro atoms. The van der Waals surface area contributed by atoms with Gasteiger partial charge in [-0.05, 0) is 12.8 Å². The molecule has 1 aliphatic rings. The Bertz CT molecular complexity index is 302. The summed E-state index contributed by atoms with van der Waals surface area (Å²) in [5.41, 5.74) is 0.957. The molecule has 64 valence electrons. The Hall–Kier alpha value is -1.32. The number of aromatic nitrogens is 1. The number of nitrogens with zero attached hydrogens (tertiary/aromatic N) is 1. The summed E-state index contributed by atoms with van der Waals surface area (Å²) in [6.07, 6.45) is 2.37. The lowest BCUT2D eigenvalue weighted by Gasteiger charge is -1.90. The number of carbonyl (C=O) groups excluding carboxylic acids is 1. The maximum atomic E-state index is 10.6. The Morgan fingerprint density at radius 1 is 1.75 bits per heavy atom. The third-order valence-electron chi connectivity index (χ3n) is 1.82. The minimum atomic E-state index is -0.131. The first kappa shape index (κ1) is 7.34. The first-order valence-corrected chi connectivity index (χ1v) is 4.00. The summed E-state index contributed by atoms with van der Waals surface area (Å²) < 4.78 is 4.89. The van der Waals surface area contributed by atoms with Crippen LogP contribution in [0.25, 0.3) is 0 Å². The Labute approximate surface area is 69.9 Å². The third kappa shape index (κ3) is 1.47. The van der Waals surface area contributed by atoms with Gasteiger partial charge < -0.3 is 4.52 Å². The van der Waals surface area contributed by atoms with Gasteiger partial charge in [-0.25, -0.2) is 0 Å². The Morgan fingerprint density at radius 2 is 2.50 bits per heavy atom. The van der Waals surface area contributed by atoms with Gasteiger partial charge in [-0.2, -0.15) is 0 Å². The van der Waals surface area contributed by atoms with Gasteiger partial charge in [-0.3, -0.25) is 10.1 Å². The summed E-state index contributed by atoms with van der Waals surface area (Å²) in [5.74, 6) is 0.883. The van der Waals surface area contributed by atoms with Gasteiger partial charge in [-0.15, -0.1) is 0 Å². The van der Waals surface area contributed by atoms with Crippen LogP contribution >= 0.6 is 0 Å². The highest BCUT2D eigenvalue weighted by molar-refractivity contribution is 5.87. The number of rotatable bonds is 2. The lowest BCUT2D eigenvalue weighted by molar-refractivity contribution is -0.114. The van der Waals surface area contributed by atoms with Crippen LogP contribution in [0.1, 0.15) is 31.4 Å². The lowest BCUT2D eigenvalue weighted by Crippen LogP contribution is -2.04. The normalized spacial score (nSPS) is 16.1. The quantitative estimate of drug-likeness (QED) is 0.724. The highest BCUT2D eigenvalue weighted by atomic mass is 16.5. The molecule has 1 amide bonds. The summed E-state index contributed by atoms with van der Waals surface area (Å²) in [4.78, 5) is 10.6. The molecule has 1 saturated carbocycles. The smallest absolute Gasteiger partial charge is 0.231 e. The van der Waals surface area contributed by atoms with Gasteiger partial charge in [-0.1, -0.05) is 5.16 Å². The van der Waals surface area contributed by atoms with E-state index in [1.807, 2.05) is 0 Å². The van der Waals surface area contributed by atoms with E-state index in [9.17, 15) is 4.79 Å². The average Bonchev–Trinajstić information content (AvgIpc) is 2.73. The van der Waals surface area contributed by atoms with E-state index in [2.05, 4.69) is 10.5 Å². The van der Waals surface area contributed by atoms with Crippen molar-refractivity contribution in [2.24, 2.45) is 0 Å². The molecule has 4 heteroatoms. The fourth-order valence-electron chi connectivity index (χ4n) is 1.09. The van der Waals surface area contributed by atoms with E-state index in [4.69, 9.17) is 4.52 Å². The van der Waals surface area contributed by atoms with Gasteiger partial charge in [0, 0.05) is 18.9 Å². The molecule has 0 unspecified atom stereocenters. The van der Waals surface area contributed by atoms with Crippen LogP contribution in [0.15, 0.2) is 10.6 Å². The Kier molecular flexibility index (Phi) is 1.60. The maximum Gasteiger partial charge on any atom is 0.231 e. The minimum Gasteiger partial charge on any atom is -0.338 e. The molecule has 1 aromatic rings. The fraction of sp³-hybridized carbons (Fsp3) is 0.500. The molecule has 1 aliphatic carbocycles. The van der Waals surface area contributed by atoms with Gasteiger partial charge in [0.2, 0.25) is 11.8 Å². The van der Waals surface area contributed by atoms with Crippen molar-refractivity contribution in [1.29, 1.82) is 0 Å². The Morgan fingerprint density at radius 3 is 3.08 bits per heavy atom. The van der Waals surface area contributed by atoms with E-state index in [1.165, 1.54) is 19.8 Å². The van der Waals surface area contributed by atoms with E-state index >= 15 is 0 Å². The second kappa shape index (κ2) is 2.62. The molecule has 0 aliphatic heterocycles. The summed E-state index contributed by atoms with van der Waals surface area (Å²) in [6, 6.07) is 1.79. The van der Waals surface area contributed by atoms with Crippen LogP contribution in [0.5, 0.6) is 0 Å². The predicted molar refractivity (Wildman–Crippen MR) is 42.8 cm³/mol. The van der Waals surface area contributed by atoms with Gasteiger partial charge >= 0.3 is 0 Å². The number of amides is 1. The zero-order valence-electron chi connectivity index (χ0n) is 6.83. The van der Waals surface area contributed by atoms with Gasteiger partial charge in [0.15, 0.2) is 0 Å². The van der Waals surface area contributed by atoms with Crippen LogP contribution in [-0.4, -0.2) is 11.1 Å². The number of hydrogen-bond donors (Lipinski definition) is 1. The first-order valence-electron chi connectivity index (χ1n) is 4.00. The minimum absolute atomic E-state index is 0.131. The molecule has 2 rings (SSSR count). The maximum absolute atomic E-state index is 10.6. The van der Waals surface area contributed by atoms with Crippen molar-refractivity contribution in [1.82, 2.24) is 5.16 Å². The summed E-state index contributed by atoms with van der Waals surface area (Å²) in [6.45, 7) is 1.44. The van der Waals surface area contributed by atoms with Crippen LogP contribution in [0.3, 0.4) is 0 Å². The Balaban J connectivity index is 2.07. The van der Waals surface area contributed by atoms with E-state index in [0.29, 0.717) is 11.8 Å². The van der Waals surface area contributed by atoms with Crippen molar-refractivity contribution in [3.05, 3.63) is 11.8 Å². The molecule has 0 radical (unpaired) electrons. The molecular weight excluding hydrogens is 156 g/mol. The molecule has 1 heterocycles. The molecule has 0 aromatic carbocycles. The summed E-state index contributed by atoms with van der Waals surface area (Å²) >= 11 is 0. The van der Waals surface area contributed by atoms with Crippen molar-refractivity contribution in [2.45, 2.75) is 25.7 Å².